The van der Waals surface area contributed by atoms with E-state index >= 15 is 0 Å². The largest absolute Gasteiger partial charge is 0.748 e. The van der Waals surface area contributed by atoms with E-state index in [1.54, 1.807) is 0 Å². The third kappa shape index (κ3) is 4.31. The van der Waals surface area contributed by atoms with Gasteiger partial charge in [-0.15, -0.1) is 0 Å². The van der Waals surface area contributed by atoms with E-state index in [4.69, 9.17) is 0 Å². The van der Waals surface area contributed by atoms with Crippen molar-refractivity contribution in [3.05, 3.63) is 29.6 Å². The fourth-order valence-electron chi connectivity index (χ4n) is 1.64. The van der Waals surface area contributed by atoms with Crippen molar-refractivity contribution in [1.82, 2.24) is 0 Å². The number of halogens is 7. The topological polar surface area (TPSA) is 104 Å². The average Bonchev–Trinajstić information content (AvgIpc) is 2.33. The number of phenolic OH excluding ortho intramolecular Hbond substituents is 1. The lowest BCUT2D eigenvalue weighted by Gasteiger charge is -2.36. The van der Waals surface area contributed by atoms with E-state index in [9.17, 15) is 53.6 Å². The van der Waals surface area contributed by atoms with E-state index in [2.05, 4.69) is 4.74 Å². The maximum absolute atomic E-state index is 13.4. The molecular formula is C11H6F7O6S-. The quantitative estimate of drug-likeness (QED) is 0.473. The first-order valence-corrected chi connectivity index (χ1v) is 7.37. The molecule has 0 aliphatic carbocycles. The molecule has 1 aromatic rings. The molecule has 142 valence electrons. The Morgan fingerprint density at radius 3 is 1.96 bits per heavy atom. The van der Waals surface area contributed by atoms with E-state index in [1.807, 2.05) is 0 Å². The summed E-state index contributed by atoms with van der Waals surface area (Å²) in [7, 11) is -6.22. The number of aromatic hydroxyl groups is 1. The number of rotatable bonds is 4. The number of hydrogen-bond acceptors (Lipinski definition) is 6. The van der Waals surface area contributed by atoms with E-state index in [1.165, 1.54) is 0 Å². The van der Waals surface area contributed by atoms with Gasteiger partial charge in [0.1, 0.15) is 17.1 Å². The molecule has 1 N–H and O–H groups in total. The third-order valence-corrected chi connectivity index (χ3v) is 3.52. The molecule has 0 amide bonds. The molecule has 0 aliphatic heterocycles. The molecule has 14 heteroatoms. The molecule has 0 aliphatic rings. The predicted octanol–water partition coefficient (Wildman–Crippen LogP) is 2.10. The summed E-state index contributed by atoms with van der Waals surface area (Å²) in [6.07, 6.45) is -13.2. The van der Waals surface area contributed by atoms with Crippen LogP contribution >= 0.6 is 0 Å². The lowest BCUT2D eigenvalue weighted by molar-refractivity contribution is -0.356. The van der Waals surface area contributed by atoms with Crippen LogP contribution in [0.15, 0.2) is 18.2 Å². The van der Waals surface area contributed by atoms with Crippen molar-refractivity contribution in [2.24, 2.45) is 0 Å². The molecule has 0 radical (unpaired) electrons. The van der Waals surface area contributed by atoms with Crippen molar-refractivity contribution in [1.29, 1.82) is 0 Å². The molecular weight excluding hydrogens is 393 g/mol. The normalized spacial score (nSPS) is 13.6. The number of ether oxygens (including phenoxy) is 1. The van der Waals surface area contributed by atoms with Crippen LogP contribution in [0, 0.1) is 5.82 Å². The van der Waals surface area contributed by atoms with Crippen LogP contribution in [0.5, 0.6) is 5.75 Å². The Hall–Kier alpha value is -2.09. The van der Waals surface area contributed by atoms with Crippen molar-refractivity contribution in [2.75, 3.05) is 5.75 Å². The molecule has 1 aromatic carbocycles. The van der Waals surface area contributed by atoms with Gasteiger partial charge in [0.15, 0.2) is 0 Å². The maximum atomic E-state index is 13.4. The van der Waals surface area contributed by atoms with Crippen molar-refractivity contribution < 1.29 is 58.3 Å². The van der Waals surface area contributed by atoms with Gasteiger partial charge < -0.3 is 14.4 Å². The summed E-state index contributed by atoms with van der Waals surface area (Å²) in [4.78, 5) is 11.6. The van der Waals surface area contributed by atoms with Crippen LogP contribution in [0.2, 0.25) is 0 Å². The summed E-state index contributed by atoms with van der Waals surface area (Å²) in [5, 5.41) is 9.21. The number of carbonyl (C=O) groups excluding carboxylic acids is 1. The van der Waals surface area contributed by atoms with Crippen molar-refractivity contribution in [3.63, 3.8) is 0 Å². The predicted molar refractivity (Wildman–Crippen MR) is 62.9 cm³/mol. The zero-order valence-electron chi connectivity index (χ0n) is 11.5. The third-order valence-electron chi connectivity index (χ3n) is 2.76. The number of hydrogen-bond donors (Lipinski definition) is 1. The van der Waals surface area contributed by atoms with E-state index < -0.39 is 56.9 Å². The van der Waals surface area contributed by atoms with Gasteiger partial charge in [-0.2, -0.15) is 26.3 Å². The number of esters is 1. The molecule has 0 atom stereocenters. The SMILES string of the molecule is O=C(OC(CS(=O)(=O)[O-])(C(F)(F)F)C(F)(F)F)c1c(O)cccc1F. The number of alkyl halides is 6. The molecule has 1 rings (SSSR count). The maximum Gasteiger partial charge on any atom is 0.438 e. The first kappa shape index (κ1) is 21.0. The van der Waals surface area contributed by atoms with Gasteiger partial charge in [-0.05, 0) is 12.1 Å². The van der Waals surface area contributed by atoms with Crippen LogP contribution in [0.3, 0.4) is 0 Å². The summed E-state index contributed by atoms with van der Waals surface area (Å²) < 4.78 is 126. The Labute approximate surface area is 134 Å². The molecule has 0 unspecified atom stereocenters. The summed E-state index contributed by atoms with van der Waals surface area (Å²) in [6, 6.07) is 1.72. The highest BCUT2D eigenvalue weighted by Crippen LogP contribution is 2.47. The summed E-state index contributed by atoms with van der Waals surface area (Å²) in [6.45, 7) is 0. The van der Waals surface area contributed by atoms with Gasteiger partial charge in [0.2, 0.25) is 0 Å². The second kappa shape index (κ2) is 6.33. The molecule has 6 nitrogen and oxygen atoms in total. The smallest absolute Gasteiger partial charge is 0.438 e. The average molecular weight is 399 g/mol. The van der Waals surface area contributed by atoms with Gasteiger partial charge >= 0.3 is 23.9 Å². The fraction of sp³-hybridized carbons (Fsp3) is 0.364. The number of carbonyl (C=O) groups is 1. The number of phenols is 1. The molecule has 0 saturated carbocycles. The van der Waals surface area contributed by atoms with Crippen LogP contribution < -0.4 is 0 Å². The molecule has 0 bridgehead atoms. The first-order chi connectivity index (χ1) is 11.0. The molecule has 0 spiro atoms. The standard InChI is InChI=1S/C11H7F7O6S/c12-5-2-1-3-6(19)7(5)8(20)24-9(10(13,14)15,11(16,17)18)4-25(21,22)23/h1-3,19H,4H2,(H,21,22,23)/p-1. The van der Waals surface area contributed by atoms with Crippen LogP contribution in [0.1, 0.15) is 10.4 Å². The lowest BCUT2D eigenvalue weighted by Crippen LogP contribution is -2.63. The molecule has 0 saturated heterocycles. The molecule has 0 aromatic heterocycles. The van der Waals surface area contributed by atoms with Crippen molar-refractivity contribution >= 4 is 16.1 Å². The van der Waals surface area contributed by atoms with Crippen LogP contribution in [0.4, 0.5) is 30.7 Å². The fourth-order valence-corrected chi connectivity index (χ4v) is 2.53. The highest BCUT2D eigenvalue weighted by atomic mass is 32.2. The minimum absolute atomic E-state index is 0.406. The van der Waals surface area contributed by atoms with Crippen molar-refractivity contribution in [2.45, 2.75) is 18.0 Å². The van der Waals surface area contributed by atoms with E-state index in [-0.39, 0.29) is 0 Å². The molecule has 0 heterocycles. The van der Waals surface area contributed by atoms with Crippen LogP contribution in [0.25, 0.3) is 0 Å². The highest BCUT2D eigenvalue weighted by Gasteiger charge is 2.75. The molecule has 0 fully saturated rings. The van der Waals surface area contributed by atoms with Gasteiger partial charge in [0.25, 0.3) is 0 Å². The van der Waals surface area contributed by atoms with Gasteiger partial charge in [-0.3, -0.25) is 0 Å². The monoisotopic (exact) mass is 399 g/mol. The molecule has 25 heavy (non-hydrogen) atoms. The summed E-state index contributed by atoms with van der Waals surface area (Å²) in [5.74, 6) is -9.01. The Morgan fingerprint density at radius 1 is 1.12 bits per heavy atom. The van der Waals surface area contributed by atoms with Gasteiger partial charge in [-0.25, -0.2) is 17.6 Å². The van der Waals surface area contributed by atoms with Crippen molar-refractivity contribution in [3.8, 4) is 5.75 Å². The van der Waals surface area contributed by atoms with Gasteiger partial charge in [0, 0.05) is 0 Å². The minimum atomic E-state index is -6.60. The Balaban J connectivity index is 3.56. The Bertz CT molecular complexity index is 734. The van der Waals surface area contributed by atoms with E-state index in [0.29, 0.717) is 12.1 Å². The second-order valence-electron chi connectivity index (χ2n) is 4.55. The Morgan fingerprint density at radius 2 is 1.60 bits per heavy atom. The van der Waals surface area contributed by atoms with Gasteiger partial charge in [-0.1, -0.05) is 6.07 Å². The van der Waals surface area contributed by atoms with Crippen LogP contribution in [-0.2, 0) is 14.9 Å². The summed E-state index contributed by atoms with van der Waals surface area (Å²) in [5.41, 5.74) is -7.46. The van der Waals surface area contributed by atoms with Gasteiger partial charge in [0.05, 0.1) is 15.9 Å². The van der Waals surface area contributed by atoms with Crippen LogP contribution in [-0.4, -0.2) is 47.8 Å². The second-order valence-corrected chi connectivity index (χ2v) is 5.95. The minimum Gasteiger partial charge on any atom is -0.748 e. The zero-order chi connectivity index (χ0) is 19.8. The number of benzene rings is 1. The first-order valence-electron chi connectivity index (χ1n) is 5.80. The zero-order valence-corrected chi connectivity index (χ0v) is 12.3. The summed E-state index contributed by atoms with van der Waals surface area (Å²) >= 11 is 0. The lowest BCUT2D eigenvalue weighted by atomic mass is 10.0. The van der Waals surface area contributed by atoms with E-state index in [0.717, 1.165) is 6.07 Å². The Kier molecular flexibility index (Phi) is 5.30. The highest BCUT2D eigenvalue weighted by molar-refractivity contribution is 7.85.